The average Bonchev–Trinajstić information content (AvgIpc) is 2.65. The van der Waals surface area contributed by atoms with Gasteiger partial charge in [0, 0.05) is 17.3 Å². The van der Waals surface area contributed by atoms with Crippen LogP contribution in [0.25, 0.3) is 0 Å². The highest BCUT2D eigenvalue weighted by molar-refractivity contribution is 7.16. The molecule has 16 heavy (non-hydrogen) atoms. The van der Waals surface area contributed by atoms with Crippen LogP contribution < -0.4 is 5.32 Å². The predicted octanol–water partition coefficient (Wildman–Crippen LogP) is 4.28. The lowest BCUT2D eigenvalue weighted by Gasteiger charge is -2.13. The fraction of sp³-hybridized carbons (Fsp3) is 0.250. The van der Waals surface area contributed by atoms with Gasteiger partial charge in [-0.3, -0.25) is 4.98 Å². The molecule has 0 aliphatic carbocycles. The van der Waals surface area contributed by atoms with Gasteiger partial charge in [0.15, 0.2) is 0 Å². The van der Waals surface area contributed by atoms with Gasteiger partial charge in [0.05, 0.1) is 16.1 Å². The molecule has 0 aliphatic rings. The van der Waals surface area contributed by atoms with E-state index in [1.54, 1.807) is 11.3 Å². The zero-order valence-corrected chi connectivity index (χ0v) is 10.8. The number of pyridine rings is 1. The van der Waals surface area contributed by atoms with Crippen LogP contribution in [0.5, 0.6) is 0 Å². The van der Waals surface area contributed by atoms with Gasteiger partial charge in [0.1, 0.15) is 0 Å². The van der Waals surface area contributed by atoms with Gasteiger partial charge in [-0.1, -0.05) is 11.6 Å². The number of rotatable bonds is 3. The van der Waals surface area contributed by atoms with E-state index in [4.69, 9.17) is 11.6 Å². The van der Waals surface area contributed by atoms with Crippen LogP contribution in [0.15, 0.2) is 30.6 Å². The van der Waals surface area contributed by atoms with Gasteiger partial charge in [-0.2, -0.15) is 0 Å². The van der Waals surface area contributed by atoms with E-state index in [-0.39, 0.29) is 6.04 Å². The largest absolute Gasteiger partial charge is 0.376 e. The SMILES string of the molecule is Cc1cncc(NC(C)c2ccc(Cl)s2)c1. The van der Waals surface area contributed by atoms with Crippen LogP contribution in [0.2, 0.25) is 4.34 Å². The summed E-state index contributed by atoms with van der Waals surface area (Å²) in [5.74, 6) is 0. The van der Waals surface area contributed by atoms with Crippen LogP contribution in [0.4, 0.5) is 5.69 Å². The predicted molar refractivity (Wildman–Crippen MR) is 70.3 cm³/mol. The number of hydrogen-bond donors (Lipinski definition) is 1. The quantitative estimate of drug-likeness (QED) is 0.882. The summed E-state index contributed by atoms with van der Waals surface area (Å²) in [6.45, 7) is 4.15. The van der Waals surface area contributed by atoms with Crippen molar-refractivity contribution >= 4 is 28.6 Å². The third kappa shape index (κ3) is 2.74. The Morgan fingerprint density at radius 2 is 2.19 bits per heavy atom. The van der Waals surface area contributed by atoms with E-state index >= 15 is 0 Å². The van der Waals surface area contributed by atoms with E-state index in [2.05, 4.69) is 23.3 Å². The number of nitrogens with zero attached hydrogens (tertiary/aromatic N) is 1. The van der Waals surface area contributed by atoms with E-state index in [9.17, 15) is 0 Å². The second-order valence-electron chi connectivity index (χ2n) is 3.76. The molecule has 2 rings (SSSR count). The van der Waals surface area contributed by atoms with Crippen LogP contribution in [0.1, 0.15) is 23.4 Å². The molecule has 4 heteroatoms. The molecule has 0 bridgehead atoms. The lowest BCUT2D eigenvalue weighted by molar-refractivity contribution is 0.905. The molecule has 0 aromatic carbocycles. The fourth-order valence-corrected chi connectivity index (χ4v) is 2.58. The van der Waals surface area contributed by atoms with Crippen molar-refractivity contribution in [3.8, 4) is 0 Å². The first-order valence-corrected chi connectivity index (χ1v) is 6.28. The summed E-state index contributed by atoms with van der Waals surface area (Å²) in [4.78, 5) is 5.38. The smallest absolute Gasteiger partial charge is 0.0932 e. The average molecular weight is 253 g/mol. The maximum atomic E-state index is 5.91. The van der Waals surface area contributed by atoms with Gasteiger partial charge in [-0.05, 0) is 37.6 Å². The Bertz CT molecular complexity index is 481. The number of aryl methyl sites for hydroxylation is 1. The van der Waals surface area contributed by atoms with Crippen LogP contribution in [-0.2, 0) is 0 Å². The first-order valence-electron chi connectivity index (χ1n) is 5.08. The molecule has 0 aliphatic heterocycles. The molecule has 2 nitrogen and oxygen atoms in total. The van der Waals surface area contributed by atoms with Crippen molar-refractivity contribution in [2.45, 2.75) is 19.9 Å². The fourth-order valence-electron chi connectivity index (χ4n) is 1.52. The highest BCUT2D eigenvalue weighted by atomic mass is 35.5. The first-order chi connectivity index (χ1) is 7.65. The number of nitrogens with one attached hydrogen (secondary N) is 1. The molecule has 2 heterocycles. The molecule has 0 amide bonds. The summed E-state index contributed by atoms with van der Waals surface area (Å²) in [6.07, 6.45) is 3.68. The minimum Gasteiger partial charge on any atom is -0.376 e. The molecule has 0 radical (unpaired) electrons. The molecule has 1 N–H and O–H groups in total. The molecule has 0 fully saturated rings. The number of anilines is 1. The Morgan fingerprint density at radius 1 is 1.38 bits per heavy atom. The Balaban J connectivity index is 2.10. The second-order valence-corrected chi connectivity index (χ2v) is 5.51. The van der Waals surface area contributed by atoms with Crippen LogP contribution >= 0.6 is 22.9 Å². The Hall–Kier alpha value is -1.06. The Morgan fingerprint density at radius 3 is 2.81 bits per heavy atom. The van der Waals surface area contributed by atoms with Crippen LogP contribution in [-0.4, -0.2) is 4.98 Å². The van der Waals surface area contributed by atoms with Gasteiger partial charge >= 0.3 is 0 Å². The third-order valence-electron chi connectivity index (χ3n) is 2.28. The molecular weight excluding hydrogens is 240 g/mol. The number of halogens is 1. The zero-order valence-electron chi connectivity index (χ0n) is 9.20. The lowest BCUT2D eigenvalue weighted by Crippen LogP contribution is -2.05. The summed E-state index contributed by atoms with van der Waals surface area (Å²) in [7, 11) is 0. The van der Waals surface area contributed by atoms with Gasteiger partial charge in [0.2, 0.25) is 0 Å². The number of thiophene rings is 1. The van der Waals surface area contributed by atoms with E-state index in [0.29, 0.717) is 0 Å². The first kappa shape index (κ1) is 11.4. The normalized spacial score (nSPS) is 12.4. The van der Waals surface area contributed by atoms with Gasteiger partial charge < -0.3 is 5.32 Å². The van der Waals surface area contributed by atoms with Gasteiger partial charge in [-0.15, -0.1) is 11.3 Å². The number of hydrogen-bond acceptors (Lipinski definition) is 3. The number of aromatic nitrogens is 1. The van der Waals surface area contributed by atoms with Crippen LogP contribution in [0, 0.1) is 6.92 Å². The van der Waals surface area contributed by atoms with Crippen molar-refractivity contribution in [1.29, 1.82) is 0 Å². The minimum atomic E-state index is 0.251. The van der Waals surface area contributed by atoms with Crippen molar-refractivity contribution in [1.82, 2.24) is 4.98 Å². The maximum Gasteiger partial charge on any atom is 0.0932 e. The van der Waals surface area contributed by atoms with Crippen molar-refractivity contribution in [3.63, 3.8) is 0 Å². The zero-order chi connectivity index (χ0) is 11.5. The van der Waals surface area contributed by atoms with E-state index in [0.717, 1.165) is 15.6 Å². The highest BCUT2D eigenvalue weighted by Crippen LogP contribution is 2.28. The van der Waals surface area contributed by atoms with Crippen LogP contribution in [0.3, 0.4) is 0 Å². The molecule has 2 aromatic rings. The lowest BCUT2D eigenvalue weighted by atomic mass is 10.2. The van der Waals surface area contributed by atoms with E-state index in [1.807, 2.05) is 31.5 Å². The van der Waals surface area contributed by atoms with Crippen molar-refractivity contribution < 1.29 is 0 Å². The monoisotopic (exact) mass is 252 g/mol. The molecule has 1 atom stereocenters. The van der Waals surface area contributed by atoms with Gasteiger partial charge in [-0.25, -0.2) is 0 Å². The summed E-state index contributed by atoms with van der Waals surface area (Å²) >= 11 is 7.51. The van der Waals surface area contributed by atoms with Crippen molar-refractivity contribution in [2.75, 3.05) is 5.32 Å². The van der Waals surface area contributed by atoms with Gasteiger partial charge in [0.25, 0.3) is 0 Å². The highest BCUT2D eigenvalue weighted by Gasteiger charge is 2.07. The summed E-state index contributed by atoms with van der Waals surface area (Å²) in [6, 6.07) is 6.31. The Kier molecular flexibility index (Phi) is 3.46. The summed E-state index contributed by atoms with van der Waals surface area (Å²) < 4.78 is 0.825. The van der Waals surface area contributed by atoms with E-state index < -0.39 is 0 Å². The molecule has 0 saturated heterocycles. The Labute approximate surface area is 104 Å². The minimum absolute atomic E-state index is 0.251. The molecule has 84 valence electrons. The maximum absolute atomic E-state index is 5.91. The van der Waals surface area contributed by atoms with E-state index in [1.165, 1.54) is 4.88 Å². The molecule has 1 unspecified atom stereocenters. The standard InChI is InChI=1S/C12H13ClN2S/c1-8-5-10(7-14-6-8)15-9(2)11-3-4-12(13)16-11/h3-7,9,15H,1-2H3. The summed E-state index contributed by atoms with van der Waals surface area (Å²) in [5, 5.41) is 3.40. The molecule has 0 spiro atoms. The molecule has 2 aromatic heterocycles. The molecule has 0 saturated carbocycles. The second kappa shape index (κ2) is 4.85. The molecular formula is C12H13ClN2S. The third-order valence-corrected chi connectivity index (χ3v) is 3.69. The van der Waals surface area contributed by atoms with Crippen molar-refractivity contribution in [3.05, 3.63) is 45.4 Å². The van der Waals surface area contributed by atoms with Crippen molar-refractivity contribution in [2.24, 2.45) is 0 Å². The topological polar surface area (TPSA) is 24.9 Å². The summed E-state index contributed by atoms with van der Waals surface area (Å²) in [5.41, 5.74) is 2.19.